The van der Waals surface area contributed by atoms with E-state index in [1.54, 1.807) is 11.1 Å². The lowest BCUT2D eigenvalue weighted by Crippen LogP contribution is -2.51. The van der Waals surface area contributed by atoms with Gasteiger partial charge in [-0.1, -0.05) is 69.3 Å². The Labute approximate surface area is 182 Å². The minimum Gasteiger partial charge on any atom is -0.314 e. The molecule has 1 nitrogen and oxygen atoms in total. The van der Waals surface area contributed by atoms with E-state index in [1.165, 1.54) is 43.4 Å². The molecule has 0 radical (unpaired) electrons. The van der Waals surface area contributed by atoms with Gasteiger partial charge in [0.25, 0.3) is 0 Å². The van der Waals surface area contributed by atoms with Gasteiger partial charge in [-0.25, -0.2) is 0 Å². The molecular weight excluding hydrogens is 362 g/mol. The van der Waals surface area contributed by atoms with Crippen LogP contribution in [0.5, 0.6) is 0 Å². The summed E-state index contributed by atoms with van der Waals surface area (Å²) in [6.07, 6.45) is 5.73. The summed E-state index contributed by atoms with van der Waals surface area (Å²) in [4.78, 5) is 0. The summed E-state index contributed by atoms with van der Waals surface area (Å²) < 4.78 is 0. The highest BCUT2D eigenvalue weighted by Crippen LogP contribution is 2.60. The molecule has 1 heteroatoms. The molecule has 6 rings (SSSR count). The average Bonchev–Trinajstić information content (AvgIpc) is 3.28. The van der Waals surface area contributed by atoms with Crippen LogP contribution in [0.2, 0.25) is 0 Å². The van der Waals surface area contributed by atoms with Gasteiger partial charge in [-0.15, -0.1) is 0 Å². The van der Waals surface area contributed by atoms with Crippen LogP contribution in [0.15, 0.2) is 48.5 Å². The molecule has 2 saturated carbocycles. The van der Waals surface area contributed by atoms with Crippen LogP contribution in [0, 0.1) is 41.4 Å². The van der Waals surface area contributed by atoms with E-state index in [2.05, 4.69) is 74.6 Å². The second kappa shape index (κ2) is 7.23. The predicted octanol–water partition coefficient (Wildman–Crippen LogP) is 6.73. The van der Waals surface area contributed by atoms with Crippen LogP contribution in [0.1, 0.15) is 63.5 Å². The molecular formula is C29H37N. The number of fused-ring (bicyclic) bond motifs is 5. The number of benzene rings is 2. The van der Waals surface area contributed by atoms with E-state index in [-0.39, 0.29) is 0 Å². The molecule has 4 aliphatic rings. The number of nitrogens with one attached hydrogen (secondary N) is 1. The lowest BCUT2D eigenvalue weighted by Gasteiger charge is -2.49. The van der Waals surface area contributed by atoms with E-state index in [0.29, 0.717) is 11.8 Å². The van der Waals surface area contributed by atoms with Gasteiger partial charge in [0.05, 0.1) is 0 Å². The topological polar surface area (TPSA) is 12.0 Å². The Hall–Kier alpha value is -1.60. The van der Waals surface area contributed by atoms with Gasteiger partial charge < -0.3 is 5.32 Å². The monoisotopic (exact) mass is 399 g/mol. The van der Waals surface area contributed by atoms with Gasteiger partial charge in [-0.05, 0) is 95.9 Å². The van der Waals surface area contributed by atoms with Crippen molar-refractivity contribution in [3.8, 4) is 11.1 Å². The first-order valence-corrected chi connectivity index (χ1v) is 12.6. The van der Waals surface area contributed by atoms with Crippen molar-refractivity contribution in [2.24, 2.45) is 41.4 Å². The van der Waals surface area contributed by atoms with Gasteiger partial charge in [-0.3, -0.25) is 0 Å². The van der Waals surface area contributed by atoms with Gasteiger partial charge in [0, 0.05) is 12.0 Å². The Morgan fingerprint density at radius 3 is 2.20 bits per heavy atom. The van der Waals surface area contributed by atoms with Crippen molar-refractivity contribution in [1.29, 1.82) is 0 Å². The molecule has 3 fully saturated rings. The third-order valence-corrected chi connectivity index (χ3v) is 9.87. The zero-order valence-electron chi connectivity index (χ0n) is 18.9. The fourth-order valence-electron chi connectivity index (χ4n) is 8.77. The largest absolute Gasteiger partial charge is 0.314 e. The van der Waals surface area contributed by atoms with E-state index in [4.69, 9.17) is 0 Å². The van der Waals surface area contributed by atoms with E-state index in [0.717, 1.165) is 41.5 Å². The van der Waals surface area contributed by atoms with Gasteiger partial charge >= 0.3 is 0 Å². The van der Waals surface area contributed by atoms with Gasteiger partial charge in [0.2, 0.25) is 0 Å². The van der Waals surface area contributed by atoms with Crippen LogP contribution in [-0.2, 0) is 0 Å². The standard InChI is InChI=1S/C29H37N/c1-17-15-25-18(2)20-13-8-14-30-27(20)16-26(25)28(17)19(3)29-23-11-6-4-9-21(23)22-10-5-7-12-24(22)29/h4-7,9-12,17-20,25-30H,8,13-16H2,1-3H3/t17?,18?,19-,20?,25?,26?,27?,28?/m0/s1. The van der Waals surface area contributed by atoms with Crippen molar-refractivity contribution in [3.63, 3.8) is 0 Å². The average molecular weight is 400 g/mol. The number of piperidine rings is 1. The van der Waals surface area contributed by atoms with Crippen molar-refractivity contribution in [3.05, 3.63) is 59.7 Å². The van der Waals surface area contributed by atoms with Crippen molar-refractivity contribution in [1.82, 2.24) is 5.32 Å². The Morgan fingerprint density at radius 2 is 1.50 bits per heavy atom. The first kappa shape index (κ1) is 19.1. The predicted molar refractivity (Wildman–Crippen MR) is 125 cm³/mol. The van der Waals surface area contributed by atoms with E-state index >= 15 is 0 Å². The Bertz CT molecular complexity index is 886. The second-order valence-electron chi connectivity index (χ2n) is 11.1. The van der Waals surface area contributed by atoms with Crippen molar-refractivity contribution >= 4 is 0 Å². The molecule has 2 aromatic rings. The van der Waals surface area contributed by atoms with E-state index < -0.39 is 0 Å². The maximum Gasteiger partial charge on any atom is 0.0130 e. The Kier molecular flexibility index (Phi) is 4.61. The molecule has 0 aromatic heterocycles. The lowest BCUT2D eigenvalue weighted by molar-refractivity contribution is 0.0369. The molecule has 3 aliphatic carbocycles. The Morgan fingerprint density at radius 1 is 0.833 bits per heavy atom. The third-order valence-electron chi connectivity index (χ3n) is 9.87. The first-order valence-electron chi connectivity index (χ1n) is 12.6. The highest BCUT2D eigenvalue weighted by Gasteiger charge is 2.53. The summed E-state index contributed by atoms with van der Waals surface area (Å²) in [7, 11) is 0. The summed E-state index contributed by atoms with van der Waals surface area (Å²) >= 11 is 0. The smallest absolute Gasteiger partial charge is 0.0130 e. The minimum atomic E-state index is 0.566. The fraction of sp³-hybridized carbons (Fsp3) is 0.586. The van der Waals surface area contributed by atoms with Crippen LogP contribution in [0.25, 0.3) is 11.1 Å². The number of rotatable bonds is 2. The maximum atomic E-state index is 3.94. The molecule has 1 aliphatic heterocycles. The maximum absolute atomic E-state index is 3.94. The van der Waals surface area contributed by atoms with Gasteiger partial charge in [-0.2, -0.15) is 0 Å². The van der Waals surface area contributed by atoms with E-state index in [9.17, 15) is 0 Å². The summed E-state index contributed by atoms with van der Waals surface area (Å²) in [5, 5.41) is 3.94. The van der Waals surface area contributed by atoms with Gasteiger partial charge in [0.15, 0.2) is 0 Å². The highest BCUT2D eigenvalue weighted by atomic mass is 14.9. The zero-order chi connectivity index (χ0) is 20.4. The quantitative estimate of drug-likeness (QED) is 0.590. The molecule has 2 aromatic carbocycles. The van der Waals surface area contributed by atoms with Crippen molar-refractivity contribution in [2.75, 3.05) is 6.54 Å². The molecule has 0 spiro atoms. The summed E-state index contributed by atoms with van der Waals surface area (Å²) in [5.41, 5.74) is 6.13. The molecule has 1 saturated heterocycles. The second-order valence-corrected chi connectivity index (χ2v) is 11.1. The molecule has 8 atom stereocenters. The van der Waals surface area contributed by atoms with Gasteiger partial charge in [0.1, 0.15) is 0 Å². The minimum absolute atomic E-state index is 0.566. The molecule has 1 heterocycles. The van der Waals surface area contributed by atoms with Crippen LogP contribution in [-0.4, -0.2) is 12.6 Å². The summed E-state index contributed by atoms with van der Waals surface area (Å²) in [6.45, 7) is 9.01. The molecule has 0 amide bonds. The van der Waals surface area contributed by atoms with Crippen LogP contribution < -0.4 is 5.32 Å². The van der Waals surface area contributed by atoms with Crippen LogP contribution >= 0.6 is 0 Å². The van der Waals surface area contributed by atoms with E-state index in [1.807, 2.05) is 0 Å². The van der Waals surface area contributed by atoms with Crippen molar-refractivity contribution < 1.29 is 0 Å². The third kappa shape index (κ3) is 2.70. The molecule has 1 N–H and O–H groups in total. The lowest BCUT2D eigenvalue weighted by atomic mass is 9.60. The summed E-state index contributed by atoms with van der Waals surface area (Å²) in [5.74, 6) is 6.61. The van der Waals surface area contributed by atoms with Crippen molar-refractivity contribution in [2.45, 2.75) is 58.4 Å². The first-order chi connectivity index (χ1) is 14.6. The normalized spacial score (nSPS) is 38.4. The Balaban J connectivity index is 1.37. The zero-order valence-corrected chi connectivity index (χ0v) is 18.9. The fourth-order valence-corrected chi connectivity index (χ4v) is 8.77. The molecule has 30 heavy (non-hydrogen) atoms. The highest BCUT2D eigenvalue weighted by molar-refractivity contribution is 5.78. The van der Waals surface area contributed by atoms with Crippen LogP contribution in [0.3, 0.4) is 0 Å². The number of hydrogen-bond acceptors (Lipinski definition) is 1. The molecule has 0 bridgehead atoms. The van der Waals surface area contributed by atoms with Crippen LogP contribution in [0.4, 0.5) is 0 Å². The molecule has 7 unspecified atom stereocenters. The molecule has 158 valence electrons. The summed E-state index contributed by atoms with van der Waals surface area (Å²) in [6, 6.07) is 19.2. The SMILES string of the molecule is CC1CC2C(C)C3CCCNC3CC2C1[C@H](C)C1c2ccccc2-c2ccccc21. The number of hydrogen-bond donors (Lipinski definition) is 1.